The molecule has 23 heavy (non-hydrogen) atoms. The van der Waals surface area contributed by atoms with Crippen molar-refractivity contribution in [1.82, 2.24) is 10.6 Å². The first-order valence-electron chi connectivity index (χ1n) is 7.80. The lowest BCUT2D eigenvalue weighted by atomic mass is 10.1. The largest absolute Gasteiger partial charge is 0.481 e. The number of hydrogen-bond donors (Lipinski definition) is 4. The number of amides is 2. The lowest BCUT2D eigenvalue weighted by molar-refractivity contribution is -0.143. The zero-order valence-electron chi connectivity index (χ0n) is 13.6. The van der Waals surface area contributed by atoms with E-state index in [2.05, 4.69) is 17.6 Å². The van der Waals surface area contributed by atoms with Crippen molar-refractivity contribution in [3.63, 3.8) is 0 Å². The summed E-state index contributed by atoms with van der Waals surface area (Å²) in [5.41, 5.74) is 0. The molecule has 0 heterocycles. The number of carbonyl (C=O) groups is 4. The molecule has 0 radical (unpaired) electrons. The van der Waals surface area contributed by atoms with Crippen LogP contribution in [-0.2, 0) is 19.2 Å². The number of aliphatic carboxylic acids is 2. The van der Waals surface area contributed by atoms with Crippen LogP contribution in [0.4, 0.5) is 0 Å². The fraction of sp³-hybridized carbons (Fsp3) is 0.733. The molecule has 0 aromatic rings. The minimum Gasteiger partial charge on any atom is -0.481 e. The SMILES string of the molecule is CCCCCCCC(NC(=O)[C@H](CC(=O)O)NC(C)=O)C(=O)O. The Morgan fingerprint density at radius 2 is 1.52 bits per heavy atom. The fourth-order valence-corrected chi connectivity index (χ4v) is 2.11. The Balaban J connectivity index is 4.56. The molecule has 1 unspecified atom stereocenters. The molecular formula is C15H26N2O6. The molecule has 132 valence electrons. The highest BCUT2D eigenvalue weighted by Crippen LogP contribution is 2.08. The minimum atomic E-state index is -1.29. The second kappa shape index (κ2) is 11.4. The molecule has 2 amide bonds. The smallest absolute Gasteiger partial charge is 0.326 e. The normalized spacial score (nSPS) is 13.0. The maximum absolute atomic E-state index is 12.0. The van der Waals surface area contributed by atoms with E-state index in [0.717, 1.165) is 32.6 Å². The minimum absolute atomic E-state index is 0.269. The van der Waals surface area contributed by atoms with Gasteiger partial charge < -0.3 is 20.8 Å². The molecule has 0 aliphatic rings. The second-order valence-corrected chi connectivity index (χ2v) is 5.45. The lowest BCUT2D eigenvalue weighted by Crippen LogP contribution is -2.51. The number of rotatable bonds is 12. The quantitative estimate of drug-likeness (QED) is 0.393. The van der Waals surface area contributed by atoms with Crippen LogP contribution in [0, 0.1) is 0 Å². The van der Waals surface area contributed by atoms with Gasteiger partial charge >= 0.3 is 11.9 Å². The van der Waals surface area contributed by atoms with Crippen molar-refractivity contribution in [1.29, 1.82) is 0 Å². The lowest BCUT2D eigenvalue weighted by Gasteiger charge is -2.20. The van der Waals surface area contributed by atoms with E-state index in [1.807, 2.05) is 0 Å². The summed E-state index contributed by atoms with van der Waals surface area (Å²) in [5, 5.41) is 22.4. The molecule has 2 atom stereocenters. The Morgan fingerprint density at radius 3 is 2.00 bits per heavy atom. The zero-order chi connectivity index (χ0) is 17.8. The predicted molar refractivity (Wildman–Crippen MR) is 82.8 cm³/mol. The number of hydrogen-bond acceptors (Lipinski definition) is 4. The molecule has 0 bridgehead atoms. The van der Waals surface area contributed by atoms with Crippen LogP contribution in [0.2, 0.25) is 0 Å². The molecule has 0 aromatic carbocycles. The summed E-state index contributed by atoms with van der Waals surface area (Å²) in [7, 11) is 0. The first-order valence-corrected chi connectivity index (χ1v) is 7.80. The Labute approximate surface area is 135 Å². The summed E-state index contributed by atoms with van der Waals surface area (Å²) < 4.78 is 0. The van der Waals surface area contributed by atoms with Gasteiger partial charge in [-0.1, -0.05) is 39.0 Å². The van der Waals surface area contributed by atoms with Crippen LogP contribution in [-0.4, -0.2) is 46.0 Å². The van der Waals surface area contributed by atoms with Crippen molar-refractivity contribution in [3.8, 4) is 0 Å². The number of carboxylic acids is 2. The van der Waals surface area contributed by atoms with Crippen molar-refractivity contribution < 1.29 is 29.4 Å². The fourth-order valence-electron chi connectivity index (χ4n) is 2.11. The molecule has 0 rings (SSSR count). The molecule has 4 N–H and O–H groups in total. The van der Waals surface area contributed by atoms with Gasteiger partial charge in [-0.25, -0.2) is 4.79 Å². The molecule has 0 aliphatic carbocycles. The third kappa shape index (κ3) is 10.3. The molecule has 0 saturated heterocycles. The molecule has 0 spiro atoms. The van der Waals surface area contributed by atoms with Crippen molar-refractivity contribution in [2.24, 2.45) is 0 Å². The van der Waals surface area contributed by atoms with Gasteiger partial charge in [-0.15, -0.1) is 0 Å². The van der Waals surface area contributed by atoms with E-state index in [4.69, 9.17) is 10.2 Å². The molecular weight excluding hydrogens is 304 g/mol. The monoisotopic (exact) mass is 330 g/mol. The Kier molecular flexibility index (Phi) is 10.4. The van der Waals surface area contributed by atoms with Crippen molar-refractivity contribution >= 4 is 23.8 Å². The Bertz CT molecular complexity index is 408. The third-order valence-electron chi connectivity index (χ3n) is 3.28. The van der Waals surface area contributed by atoms with Gasteiger partial charge in [0.05, 0.1) is 6.42 Å². The van der Waals surface area contributed by atoms with Crippen LogP contribution >= 0.6 is 0 Å². The summed E-state index contributed by atoms with van der Waals surface area (Å²) >= 11 is 0. The average molecular weight is 330 g/mol. The van der Waals surface area contributed by atoms with E-state index in [-0.39, 0.29) is 6.42 Å². The van der Waals surface area contributed by atoms with Crippen molar-refractivity contribution in [2.75, 3.05) is 0 Å². The summed E-state index contributed by atoms with van der Waals surface area (Å²) in [6.45, 7) is 3.23. The number of carboxylic acid groups (broad SMARTS) is 2. The van der Waals surface area contributed by atoms with Gasteiger partial charge in [0.25, 0.3) is 0 Å². The van der Waals surface area contributed by atoms with Crippen LogP contribution in [0.1, 0.15) is 58.8 Å². The Hall–Kier alpha value is -2.12. The van der Waals surface area contributed by atoms with Gasteiger partial charge in [0.1, 0.15) is 12.1 Å². The maximum atomic E-state index is 12.0. The first-order chi connectivity index (χ1) is 10.8. The third-order valence-corrected chi connectivity index (χ3v) is 3.28. The number of carbonyl (C=O) groups excluding carboxylic acids is 2. The molecule has 8 nitrogen and oxygen atoms in total. The summed E-state index contributed by atoms with van der Waals surface area (Å²) in [6.07, 6.45) is 4.35. The summed E-state index contributed by atoms with van der Waals surface area (Å²) in [4.78, 5) is 45.0. The van der Waals surface area contributed by atoms with E-state index < -0.39 is 42.3 Å². The van der Waals surface area contributed by atoms with Crippen molar-refractivity contribution in [3.05, 3.63) is 0 Å². The molecule has 0 aromatic heterocycles. The van der Waals surface area contributed by atoms with Crippen LogP contribution in [0.25, 0.3) is 0 Å². The first kappa shape index (κ1) is 20.9. The molecule has 0 fully saturated rings. The van der Waals surface area contributed by atoms with Crippen LogP contribution in [0.5, 0.6) is 0 Å². The second-order valence-electron chi connectivity index (χ2n) is 5.45. The summed E-state index contributed by atoms with van der Waals surface area (Å²) in [5.74, 6) is -3.79. The van der Waals surface area contributed by atoms with Gasteiger partial charge in [0.2, 0.25) is 11.8 Å². The zero-order valence-corrected chi connectivity index (χ0v) is 13.6. The highest BCUT2D eigenvalue weighted by molar-refractivity contribution is 5.92. The van der Waals surface area contributed by atoms with Gasteiger partial charge in [-0.2, -0.15) is 0 Å². The van der Waals surface area contributed by atoms with E-state index in [1.54, 1.807) is 0 Å². The molecule has 0 aliphatic heterocycles. The van der Waals surface area contributed by atoms with Crippen LogP contribution in [0.3, 0.4) is 0 Å². The van der Waals surface area contributed by atoms with Gasteiger partial charge in [0.15, 0.2) is 0 Å². The molecule has 8 heteroatoms. The van der Waals surface area contributed by atoms with Gasteiger partial charge in [-0.05, 0) is 6.42 Å². The van der Waals surface area contributed by atoms with E-state index in [0.29, 0.717) is 6.42 Å². The number of nitrogens with one attached hydrogen (secondary N) is 2. The van der Waals surface area contributed by atoms with E-state index in [1.165, 1.54) is 0 Å². The highest BCUT2D eigenvalue weighted by atomic mass is 16.4. The standard InChI is InChI=1S/C15H26N2O6/c1-3-4-5-6-7-8-11(15(22)23)17-14(21)12(9-13(19)20)16-10(2)18/h11-12H,3-9H2,1-2H3,(H,16,18)(H,17,21)(H,19,20)(H,22,23)/t11?,12-/m0/s1. The highest BCUT2D eigenvalue weighted by Gasteiger charge is 2.27. The van der Waals surface area contributed by atoms with E-state index >= 15 is 0 Å². The number of unbranched alkanes of at least 4 members (excludes halogenated alkanes) is 4. The maximum Gasteiger partial charge on any atom is 0.326 e. The van der Waals surface area contributed by atoms with Crippen LogP contribution in [0.15, 0.2) is 0 Å². The molecule has 0 saturated carbocycles. The van der Waals surface area contributed by atoms with Crippen molar-refractivity contribution in [2.45, 2.75) is 70.9 Å². The predicted octanol–water partition coefficient (Wildman–Crippen LogP) is 0.896. The van der Waals surface area contributed by atoms with E-state index in [9.17, 15) is 19.2 Å². The average Bonchev–Trinajstić information content (AvgIpc) is 2.43. The van der Waals surface area contributed by atoms with Gasteiger partial charge in [-0.3, -0.25) is 14.4 Å². The summed E-state index contributed by atoms with van der Waals surface area (Å²) in [6, 6.07) is -2.37. The topological polar surface area (TPSA) is 133 Å². The Morgan fingerprint density at radius 1 is 0.913 bits per heavy atom. The van der Waals surface area contributed by atoms with Crippen LogP contribution < -0.4 is 10.6 Å². The van der Waals surface area contributed by atoms with Gasteiger partial charge in [0, 0.05) is 6.92 Å².